The summed E-state index contributed by atoms with van der Waals surface area (Å²) in [6, 6.07) is 53.0. The lowest BCUT2D eigenvalue weighted by atomic mass is 10.1. The van der Waals surface area contributed by atoms with Crippen molar-refractivity contribution in [3.8, 4) is 17.1 Å². The molecule has 0 amide bonds. The van der Waals surface area contributed by atoms with E-state index in [1.54, 1.807) is 0 Å². The van der Waals surface area contributed by atoms with Gasteiger partial charge in [0.05, 0.1) is 27.9 Å². The van der Waals surface area contributed by atoms with Crippen LogP contribution in [0.25, 0.3) is 49.8 Å². The second-order valence-electron chi connectivity index (χ2n) is 10.3. The molecule has 4 nitrogen and oxygen atoms in total. The lowest BCUT2D eigenvalue weighted by Crippen LogP contribution is -2.10. The summed E-state index contributed by atoms with van der Waals surface area (Å²) in [4.78, 5) is 12.2. The zero-order valence-corrected chi connectivity index (χ0v) is 22.8. The molecule has 0 aliphatic rings. The van der Waals surface area contributed by atoms with Crippen LogP contribution in [0.4, 0.5) is 17.1 Å². The second kappa shape index (κ2) is 10.0. The number of fused-ring (bicyclic) bond motifs is 3. The van der Waals surface area contributed by atoms with Gasteiger partial charge in [-0.2, -0.15) is 0 Å². The SMILES string of the molecule is c1ccc(N(c2ccc(-c3nc4ccccc4n3-c3cccc4cccnc34)cc2)c2cccc3ccccc23)cc1. The molecule has 8 rings (SSSR count). The number of benzene rings is 6. The molecule has 198 valence electrons. The van der Waals surface area contributed by atoms with E-state index in [1.165, 1.54) is 10.8 Å². The maximum Gasteiger partial charge on any atom is 0.145 e. The van der Waals surface area contributed by atoms with Gasteiger partial charge in [-0.1, -0.05) is 84.9 Å². The Bertz CT molecular complexity index is 2190. The van der Waals surface area contributed by atoms with Gasteiger partial charge in [0, 0.05) is 33.9 Å². The van der Waals surface area contributed by atoms with E-state index < -0.39 is 0 Å². The predicted octanol–water partition coefficient (Wildman–Crippen LogP) is 9.86. The fourth-order valence-corrected chi connectivity index (χ4v) is 5.90. The highest BCUT2D eigenvalue weighted by molar-refractivity contribution is 5.99. The maximum atomic E-state index is 5.12. The molecule has 0 saturated heterocycles. The summed E-state index contributed by atoms with van der Waals surface area (Å²) in [5.41, 5.74) is 8.33. The Labute approximate surface area is 243 Å². The van der Waals surface area contributed by atoms with E-state index in [2.05, 4.69) is 149 Å². The summed E-state index contributed by atoms with van der Waals surface area (Å²) < 4.78 is 2.24. The van der Waals surface area contributed by atoms with Crippen LogP contribution >= 0.6 is 0 Å². The molecule has 4 heteroatoms. The molecule has 0 saturated carbocycles. The normalized spacial score (nSPS) is 11.3. The van der Waals surface area contributed by atoms with Crippen molar-refractivity contribution in [1.82, 2.24) is 14.5 Å². The summed E-state index contributed by atoms with van der Waals surface area (Å²) in [5, 5.41) is 3.52. The number of aromatic nitrogens is 3. The highest BCUT2D eigenvalue weighted by Crippen LogP contribution is 2.40. The number of rotatable bonds is 5. The van der Waals surface area contributed by atoms with Gasteiger partial charge in [0.2, 0.25) is 0 Å². The molecule has 2 aromatic heterocycles. The van der Waals surface area contributed by atoms with Gasteiger partial charge in [0.25, 0.3) is 0 Å². The van der Waals surface area contributed by atoms with Crippen molar-refractivity contribution in [3.05, 3.63) is 158 Å². The standard InChI is InChI=1S/C38H26N4/c1-2-15-30(16-3-1)41(34-20-8-12-27-11-4-5-17-32(27)34)31-24-22-29(23-25-31)38-40-33-18-6-7-19-35(33)42(38)36-21-9-13-28-14-10-26-39-37(28)36/h1-26H. The number of pyridine rings is 1. The lowest BCUT2D eigenvalue weighted by molar-refractivity contribution is 1.11. The Morgan fingerprint density at radius 2 is 1.21 bits per heavy atom. The topological polar surface area (TPSA) is 34.0 Å². The van der Waals surface area contributed by atoms with Crippen LogP contribution in [-0.4, -0.2) is 14.5 Å². The van der Waals surface area contributed by atoms with Crippen LogP contribution < -0.4 is 4.90 Å². The first-order valence-corrected chi connectivity index (χ1v) is 14.1. The zero-order chi connectivity index (χ0) is 27.9. The minimum Gasteiger partial charge on any atom is -0.310 e. The van der Waals surface area contributed by atoms with Crippen molar-refractivity contribution in [2.24, 2.45) is 0 Å². The zero-order valence-electron chi connectivity index (χ0n) is 22.8. The molecule has 0 aliphatic heterocycles. The van der Waals surface area contributed by atoms with Gasteiger partial charge in [-0.3, -0.25) is 9.55 Å². The van der Waals surface area contributed by atoms with Gasteiger partial charge in [0.1, 0.15) is 5.82 Å². The van der Waals surface area contributed by atoms with Gasteiger partial charge in [-0.05, 0) is 72.1 Å². The Morgan fingerprint density at radius 3 is 2.12 bits per heavy atom. The summed E-state index contributed by atoms with van der Waals surface area (Å²) >= 11 is 0. The van der Waals surface area contributed by atoms with Crippen molar-refractivity contribution in [1.29, 1.82) is 0 Å². The van der Waals surface area contributed by atoms with Crippen molar-refractivity contribution in [2.45, 2.75) is 0 Å². The van der Waals surface area contributed by atoms with Gasteiger partial charge in [-0.25, -0.2) is 4.98 Å². The van der Waals surface area contributed by atoms with Crippen molar-refractivity contribution < 1.29 is 0 Å². The maximum absolute atomic E-state index is 5.12. The molecule has 0 aliphatic carbocycles. The Morgan fingerprint density at radius 1 is 0.524 bits per heavy atom. The summed E-state index contributed by atoms with van der Waals surface area (Å²) in [6.07, 6.45) is 1.85. The minimum absolute atomic E-state index is 0.886. The van der Waals surface area contributed by atoms with Gasteiger partial charge >= 0.3 is 0 Å². The molecular formula is C38H26N4. The number of hydrogen-bond acceptors (Lipinski definition) is 3. The van der Waals surface area contributed by atoms with Gasteiger partial charge in [0.15, 0.2) is 0 Å². The van der Waals surface area contributed by atoms with Crippen molar-refractivity contribution in [2.75, 3.05) is 4.90 Å². The Balaban J connectivity index is 1.30. The number of para-hydroxylation sites is 4. The van der Waals surface area contributed by atoms with Crippen LogP contribution in [0.3, 0.4) is 0 Å². The highest BCUT2D eigenvalue weighted by Gasteiger charge is 2.19. The minimum atomic E-state index is 0.886. The van der Waals surface area contributed by atoms with Crippen LogP contribution in [-0.2, 0) is 0 Å². The van der Waals surface area contributed by atoms with Crippen LogP contribution in [0, 0.1) is 0 Å². The average molecular weight is 539 g/mol. The third-order valence-corrected chi connectivity index (χ3v) is 7.82. The van der Waals surface area contributed by atoms with E-state index in [-0.39, 0.29) is 0 Å². The molecule has 0 bridgehead atoms. The van der Waals surface area contributed by atoms with Crippen LogP contribution in [0.2, 0.25) is 0 Å². The largest absolute Gasteiger partial charge is 0.310 e. The monoisotopic (exact) mass is 538 g/mol. The molecule has 0 atom stereocenters. The Hall–Kier alpha value is -5.74. The molecule has 0 unspecified atom stereocenters. The molecule has 0 spiro atoms. The number of anilines is 3. The first-order valence-electron chi connectivity index (χ1n) is 14.1. The van der Waals surface area contributed by atoms with Gasteiger partial charge < -0.3 is 4.90 Å². The molecule has 0 fully saturated rings. The van der Waals surface area contributed by atoms with Crippen molar-refractivity contribution in [3.63, 3.8) is 0 Å². The fourth-order valence-electron chi connectivity index (χ4n) is 5.90. The number of imidazole rings is 1. The smallest absolute Gasteiger partial charge is 0.145 e. The van der Waals surface area contributed by atoms with Crippen LogP contribution in [0.1, 0.15) is 0 Å². The van der Waals surface area contributed by atoms with Crippen LogP contribution in [0.5, 0.6) is 0 Å². The molecular weight excluding hydrogens is 512 g/mol. The highest BCUT2D eigenvalue weighted by atomic mass is 15.1. The molecule has 42 heavy (non-hydrogen) atoms. The molecule has 2 heterocycles. The van der Waals surface area contributed by atoms with E-state index in [0.29, 0.717) is 0 Å². The van der Waals surface area contributed by atoms with Gasteiger partial charge in [-0.15, -0.1) is 0 Å². The molecule has 0 radical (unpaired) electrons. The second-order valence-corrected chi connectivity index (χ2v) is 10.3. The average Bonchev–Trinajstić information content (AvgIpc) is 3.45. The quantitative estimate of drug-likeness (QED) is 0.219. The van der Waals surface area contributed by atoms with E-state index >= 15 is 0 Å². The summed E-state index contributed by atoms with van der Waals surface area (Å²) in [6.45, 7) is 0. The lowest BCUT2D eigenvalue weighted by Gasteiger charge is -2.27. The van der Waals surface area contributed by atoms with Crippen LogP contribution in [0.15, 0.2) is 158 Å². The molecule has 0 N–H and O–H groups in total. The first kappa shape index (κ1) is 24.1. The first-order chi connectivity index (χ1) is 20.8. The van der Waals surface area contributed by atoms with E-state index in [1.807, 2.05) is 18.3 Å². The number of nitrogens with zero attached hydrogens (tertiary/aromatic N) is 4. The van der Waals surface area contributed by atoms with E-state index in [4.69, 9.17) is 9.97 Å². The molecule has 6 aromatic carbocycles. The predicted molar refractivity (Wildman–Crippen MR) is 174 cm³/mol. The summed E-state index contributed by atoms with van der Waals surface area (Å²) in [7, 11) is 0. The fraction of sp³-hybridized carbons (Fsp3) is 0. The van der Waals surface area contributed by atoms with E-state index in [0.717, 1.165) is 56.1 Å². The Kier molecular flexibility index (Phi) is 5.75. The van der Waals surface area contributed by atoms with Crippen molar-refractivity contribution >= 4 is 49.8 Å². The third kappa shape index (κ3) is 4.01. The summed E-state index contributed by atoms with van der Waals surface area (Å²) in [5.74, 6) is 0.886. The third-order valence-electron chi connectivity index (χ3n) is 7.82. The van der Waals surface area contributed by atoms with E-state index in [9.17, 15) is 0 Å². The molecule has 8 aromatic rings. The number of hydrogen-bond donors (Lipinski definition) is 0.